The summed E-state index contributed by atoms with van der Waals surface area (Å²) in [6.07, 6.45) is 0. The molecule has 84 valence electrons. The van der Waals surface area contributed by atoms with Crippen molar-refractivity contribution in [2.75, 3.05) is 5.73 Å². The molecule has 0 heterocycles. The Bertz CT molecular complexity index is 426. The first-order chi connectivity index (χ1) is 6.70. The first-order valence-corrected chi connectivity index (χ1v) is 5.79. The van der Waals surface area contributed by atoms with Gasteiger partial charge in [-0.15, -0.1) is 9.05 Å². The minimum absolute atomic E-state index is 0. The third-order valence-electron chi connectivity index (χ3n) is 1.16. The molecule has 3 N–H and O–H groups in total. The quantitative estimate of drug-likeness (QED) is 0.390. The van der Waals surface area contributed by atoms with Crippen LogP contribution in [0.1, 0.15) is 10.4 Å². The summed E-state index contributed by atoms with van der Waals surface area (Å²) in [5.41, 5.74) is 6.17. The first kappa shape index (κ1) is 22.9. The molecule has 0 aromatic heterocycles. The molecule has 1 aromatic carbocycles. The molecule has 6 nitrogen and oxygen atoms in total. The van der Waals surface area contributed by atoms with Crippen LogP contribution in [-0.2, 0) is 20.2 Å². The van der Waals surface area contributed by atoms with Crippen LogP contribution in [-0.4, -0.2) is 24.4 Å². The van der Waals surface area contributed by atoms with E-state index in [-0.39, 0.29) is 64.7 Å². The van der Waals surface area contributed by atoms with E-state index in [1.54, 1.807) is 12.1 Å². The van der Waals surface area contributed by atoms with E-state index in [4.69, 9.17) is 24.2 Å². The fraction of sp³-hybridized carbons (Fsp3) is 0. The molecule has 0 saturated heterocycles. The van der Waals surface area contributed by atoms with Crippen LogP contribution in [0.3, 0.4) is 0 Å². The van der Waals surface area contributed by atoms with Crippen molar-refractivity contribution >= 4 is 31.9 Å². The van der Waals surface area contributed by atoms with E-state index >= 15 is 0 Å². The molecule has 0 amide bonds. The Morgan fingerprint density at radius 2 is 1.53 bits per heavy atom. The topological polar surface area (TPSA) is 127 Å². The molecule has 0 aliphatic heterocycles. The minimum Gasteiger partial charge on any atom is -0.780 e. The van der Waals surface area contributed by atoms with Gasteiger partial charge in [-0.05, 0) is 35.5 Å². The van der Waals surface area contributed by atoms with Crippen LogP contribution >= 0.6 is 0 Å². The predicted molar refractivity (Wildman–Crippen MR) is 54.9 cm³/mol. The number of carbonyl (C=O) groups is 1. The Morgan fingerprint density at radius 1 is 1.24 bits per heavy atom. The van der Waals surface area contributed by atoms with E-state index in [0.29, 0.717) is 5.69 Å². The van der Waals surface area contributed by atoms with Crippen LogP contribution in [0.4, 0.5) is 5.69 Å². The van der Waals surface area contributed by atoms with E-state index in [2.05, 4.69) is 11.2 Å². The number of rotatable bonds is 1. The van der Waals surface area contributed by atoms with E-state index in [1.165, 1.54) is 12.1 Å². The summed E-state index contributed by atoms with van der Waals surface area (Å²) in [7, 11) is -4.33. The number of carboxylic acids is 1. The molecule has 0 saturated carbocycles. The van der Waals surface area contributed by atoms with E-state index in [9.17, 15) is 4.79 Å². The van der Waals surface area contributed by atoms with Crippen LogP contribution in [0.2, 0.25) is 0 Å². The van der Waals surface area contributed by atoms with Gasteiger partial charge >= 0.3 is 65.1 Å². The van der Waals surface area contributed by atoms with Crippen LogP contribution in [0, 0.1) is 0 Å². The van der Waals surface area contributed by atoms with Gasteiger partial charge in [0.2, 0.25) is 0 Å². The molecule has 1 aromatic rings. The SMILES string of the molecule is Nc1ccc(C(=O)O)cc1.O=S([O-])([O-])=S.[Na+].[Na+]. The molecular formula is C7H7NNa2O5S2. The number of anilines is 1. The molecule has 17 heavy (non-hydrogen) atoms. The van der Waals surface area contributed by atoms with Crippen molar-refractivity contribution in [1.29, 1.82) is 0 Å². The van der Waals surface area contributed by atoms with Crippen molar-refractivity contribution in [2.45, 2.75) is 0 Å². The molecule has 10 heteroatoms. The normalized spacial score (nSPS) is 8.82. The van der Waals surface area contributed by atoms with Gasteiger partial charge in [0.1, 0.15) is 0 Å². The van der Waals surface area contributed by atoms with Crippen molar-refractivity contribution in [3.63, 3.8) is 0 Å². The van der Waals surface area contributed by atoms with Crippen molar-refractivity contribution < 1.29 is 82.3 Å². The predicted octanol–water partition coefficient (Wildman–Crippen LogP) is -6.03. The molecule has 0 aliphatic carbocycles. The van der Waals surface area contributed by atoms with Gasteiger partial charge in [0, 0.05) is 5.69 Å². The van der Waals surface area contributed by atoms with Crippen molar-refractivity contribution in [3.8, 4) is 0 Å². The van der Waals surface area contributed by atoms with Crippen molar-refractivity contribution in [2.24, 2.45) is 0 Å². The van der Waals surface area contributed by atoms with Crippen LogP contribution in [0.15, 0.2) is 24.3 Å². The number of benzene rings is 1. The fourth-order valence-electron chi connectivity index (χ4n) is 0.626. The Balaban J connectivity index is -0.000000247. The van der Waals surface area contributed by atoms with Gasteiger partial charge in [0.15, 0.2) is 0 Å². The molecule has 1 rings (SSSR count). The number of hydrogen-bond acceptors (Lipinski definition) is 6. The molecule has 0 unspecified atom stereocenters. The summed E-state index contributed by atoms with van der Waals surface area (Å²) in [6, 6.07) is 6.06. The number of hydrogen-bond donors (Lipinski definition) is 2. The second-order valence-corrected chi connectivity index (χ2v) is 4.38. The van der Waals surface area contributed by atoms with Gasteiger partial charge in [0.25, 0.3) is 0 Å². The van der Waals surface area contributed by atoms with Crippen molar-refractivity contribution in [1.82, 2.24) is 0 Å². The van der Waals surface area contributed by atoms with Crippen LogP contribution in [0.25, 0.3) is 0 Å². The summed E-state index contributed by atoms with van der Waals surface area (Å²) in [6.45, 7) is 0. The van der Waals surface area contributed by atoms with Gasteiger partial charge in [0.05, 0.1) is 5.56 Å². The monoisotopic (exact) mass is 295 g/mol. The zero-order chi connectivity index (χ0) is 12.1. The van der Waals surface area contributed by atoms with E-state index in [1.807, 2.05) is 0 Å². The summed E-state index contributed by atoms with van der Waals surface area (Å²) >= 11 is 3.24. The average Bonchev–Trinajstić information content (AvgIpc) is 2.01. The van der Waals surface area contributed by atoms with Gasteiger partial charge in [-0.3, -0.25) is 4.21 Å². The van der Waals surface area contributed by atoms with Crippen molar-refractivity contribution in [3.05, 3.63) is 29.8 Å². The van der Waals surface area contributed by atoms with Crippen LogP contribution in [0.5, 0.6) is 0 Å². The average molecular weight is 295 g/mol. The van der Waals surface area contributed by atoms with Gasteiger partial charge in [-0.2, -0.15) is 0 Å². The Kier molecular flexibility index (Phi) is 14.4. The summed E-state index contributed by atoms with van der Waals surface area (Å²) in [5, 5.41) is 8.43. The summed E-state index contributed by atoms with van der Waals surface area (Å²) < 4.78 is 26.7. The number of nitrogens with two attached hydrogens (primary N) is 1. The number of carboxylic acid groups (broad SMARTS) is 1. The summed E-state index contributed by atoms with van der Waals surface area (Å²) in [4.78, 5) is 10.3. The molecule has 0 spiro atoms. The van der Waals surface area contributed by atoms with Gasteiger partial charge in [-0.1, -0.05) is 0 Å². The minimum atomic E-state index is -4.33. The van der Waals surface area contributed by atoms with Gasteiger partial charge < -0.3 is 19.9 Å². The summed E-state index contributed by atoms with van der Waals surface area (Å²) in [5.74, 6) is -0.931. The smallest absolute Gasteiger partial charge is 0.780 e. The Labute approximate surface area is 148 Å². The second-order valence-electron chi connectivity index (χ2n) is 2.34. The number of aromatic carboxylic acids is 1. The number of nitrogen functional groups attached to an aromatic ring is 1. The second kappa shape index (κ2) is 10.7. The molecule has 0 radical (unpaired) electrons. The molecule has 0 fully saturated rings. The standard InChI is InChI=1S/C7H7NO2.2Na.H2O3S2/c8-6-3-1-5(2-4-6)7(9)10;;;1-5(2,3)4/h1-4H,8H2,(H,9,10);;;(H2,1,2,3,4)/q;2*+1;/p-2. The maximum Gasteiger partial charge on any atom is 1.00 e. The maximum absolute atomic E-state index is 10.3. The largest absolute Gasteiger partial charge is 1.00 e. The first-order valence-electron chi connectivity index (χ1n) is 3.45. The van der Waals surface area contributed by atoms with Crippen LogP contribution < -0.4 is 64.8 Å². The molecule has 0 aliphatic rings. The molecular weight excluding hydrogens is 288 g/mol. The van der Waals surface area contributed by atoms with E-state index < -0.39 is 15.0 Å². The zero-order valence-electron chi connectivity index (χ0n) is 9.28. The third kappa shape index (κ3) is 16.8. The van der Waals surface area contributed by atoms with Gasteiger partial charge in [-0.25, -0.2) is 4.79 Å². The maximum atomic E-state index is 10.3. The Morgan fingerprint density at radius 3 is 1.76 bits per heavy atom. The fourth-order valence-corrected chi connectivity index (χ4v) is 0.626. The zero-order valence-corrected chi connectivity index (χ0v) is 14.9. The Hall–Kier alpha value is 0.780. The van der Waals surface area contributed by atoms with E-state index in [0.717, 1.165) is 0 Å². The molecule has 0 atom stereocenters. The third-order valence-corrected chi connectivity index (χ3v) is 1.16. The molecule has 0 bridgehead atoms.